The van der Waals surface area contributed by atoms with Crippen molar-refractivity contribution < 1.29 is 23.8 Å². The highest BCUT2D eigenvalue weighted by Gasteiger charge is 2.47. The Morgan fingerprint density at radius 1 is 1.06 bits per heavy atom. The molecule has 34 heavy (non-hydrogen) atoms. The van der Waals surface area contributed by atoms with Gasteiger partial charge < -0.3 is 9.84 Å². The van der Waals surface area contributed by atoms with E-state index in [1.807, 2.05) is 13.8 Å². The summed E-state index contributed by atoms with van der Waals surface area (Å²) < 4.78 is 19.1. The smallest absolute Gasteiger partial charge is 0.300 e. The number of benzene rings is 3. The summed E-state index contributed by atoms with van der Waals surface area (Å²) in [5, 5.41) is 11.7. The average Bonchev–Trinajstić information content (AvgIpc) is 3.09. The van der Waals surface area contributed by atoms with Crippen LogP contribution in [0, 0.1) is 5.82 Å². The van der Waals surface area contributed by atoms with E-state index in [0.29, 0.717) is 27.6 Å². The quantitative estimate of drug-likeness (QED) is 0.267. The summed E-state index contributed by atoms with van der Waals surface area (Å²) >= 11 is 6.15. The highest BCUT2D eigenvalue weighted by Crippen LogP contribution is 2.43. The fourth-order valence-electron chi connectivity index (χ4n) is 4.17. The molecule has 1 unspecified atom stereocenters. The summed E-state index contributed by atoms with van der Waals surface area (Å²) in [5.41, 5.74) is 1.99. The highest BCUT2D eigenvalue weighted by molar-refractivity contribution is 6.51. The van der Waals surface area contributed by atoms with E-state index in [9.17, 15) is 19.1 Å². The third-order valence-electron chi connectivity index (χ3n) is 5.84. The summed E-state index contributed by atoms with van der Waals surface area (Å²) in [6, 6.07) is 16.1. The van der Waals surface area contributed by atoms with E-state index in [1.54, 1.807) is 49.6 Å². The number of Topliss-reactive ketones (excluding diaryl/α,β-unsaturated/α-hetero) is 1. The zero-order valence-electron chi connectivity index (χ0n) is 18.9. The second kappa shape index (κ2) is 9.31. The lowest BCUT2D eigenvalue weighted by Crippen LogP contribution is -2.29. The van der Waals surface area contributed by atoms with Gasteiger partial charge in [0.25, 0.3) is 11.7 Å². The fourth-order valence-corrected chi connectivity index (χ4v) is 4.36. The van der Waals surface area contributed by atoms with Crippen LogP contribution in [0.1, 0.15) is 42.5 Å². The van der Waals surface area contributed by atoms with Crippen molar-refractivity contribution in [3.05, 3.63) is 99.8 Å². The molecule has 0 aliphatic carbocycles. The number of methoxy groups -OCH3 is 1. The van der Waals surface area contributed by atoms with Crippen molar-refractivity contribution in [2.45, 2.75) is 25.8 Å². The number of aliphatic hydroxyl groups excluding tert-OH is 1. The summed E-state index contributed by atoms with van der Waals surface area (Å²) in [4.78, 5) is 27.7. The van der Waals surface area contributed by atoms with Crippen molar-refractivity contribution in [3.63, 3.8) is 0 Å². The maximum atomic E-state index is 13.7. The van der Waals surface area contributed by atoms with Crippen molar-refractivity contribution >= 4 is 34.7 Å². The monoisotopic (exact) mass is 479 g/mol. The predicted octanol–water partition coefficient (Wildman–Crippen LogP) is 6.24. The second-order valence-electron chi connectivity index (χ2n) is 8.31. The number of aliphatic hydroxyl groups is 1. The molecule has 1 fully saturated rings. The molecule has 1 atom stereocenters. The Labute approximate surface area is 202 Å². The number of rotatable bonds is 5. The molecule has 3 aromatic rings. The minimum absolute atomic E-state index is 0.0866. The molecule has 0 bridgehead atoms. The van der Waals surface area contributed by atoms with E-state index < -0.39 is 23.5 Å². The minimum atomic E-state index is -0.969. The van der Waals surface area contributed by atoms with Crippen LogP contribution in [0.15, 0.2) is 72.3 Å². The summed E-state index contributed by atoms with van der Waals surface area (Å²) in [6.45, 7) is 3.97. The molecule has 1 aliphatic heterocycles. The molecule has 7 heteroatoms. The first kappa shape index (κ1) is 23.5. The fraction of sp³-hybridized carbons (Fsp3) is 0.185. The zero-order chi connectivity index (χ0) is 24.6. The maximum absolute atomic E-state index is 13.7. The first-order chi connectivity index (χ1) is 16.2. The second-order valence-corrected chi connectivity index (χ2v) is 8.75. The van der Waals surface area contributed by atoms with E-state index >= 15 is 0 Å². The molecule has 0 radical (unpaired) electrons. The molecule has 1 N–H and O–H groups in total. The van der Waals surface area contributed by atoms with E-state index in [-0.39, 0.29) is 17.3 Å². The molecule has 0 saturated carbocycles. The first-order valence-corrected chi connectivity index (χ1v) is 11.1. The summed E-state index contributed by atoms with van der Waals surface area (Å²) in [5.74, 6) is -1.68. The standard InChI is InChI=1S/C27H23ClFNO4/c1-15(2)21-13-17(9-12-22(21)34-3)25(31)23-24(16-7-10-19(29)11-8-16)30(27(33)26(23)32)20-6-4-5-18(28)14-20/h4-15,24,31H,1-3H3/b25-23-. The number of anilines is 1. The van der Waals surface area contributed by atoms with Crippen molar-refractivity contribution in [2.75, 3.05) is 12.0 Å². The van der Waals surface area contributed by atoms with Gasteiger partial charge in [-0.05, 0) is 65.6 Å². The van der Waals surface area contributed by atoms with Crippen LogP contribution in [0.2, 0.25) is 5.02 Å². The number of ketones is 1. The third-order valence-corrected chi connectivity index (χ3v) is 6.08. The Bertz CT molecular complexity index is 1300. The number of carbonyl (C=O) groups excluding carboxylic acids is 2. The molecular weight excluding hydrogens is 457 g/mol. The zero-order valence-corrected chi connectivity index (χ0v) is 19.6. The van der Waals surface area contributed by atoms with Gasteiger partial charge in [-0.1, -0.05) is 43.6 Å². The van der Waals surface area contributed by atoms with Crippen LogP contribution >= 0.6 is 11.6 Å². The number of amides is 1. The third kappa shape index (κ3) is 4.17. The molecule has 1 aliphatic rings. The normalized spacial score (nSPS) is 17.5. The molecule has 174 valence electrons. The van der Waals surface area contributed by atoms with Gasteiger partial charge >= 0.3 is 0 Å². The van der Waals surface area contributed by atoms with Crippen molar-refractivity contribution in [1.29, 1.82) is 0 Å². The molecule has 0 spiro atoms. The maximum Gasteiger partial charge on any atom is 0.300 e. The van der Waals surface area contributed by atoms with Gasteiger partial charge in [-0.25, -0.2) is 4.39 Å². The summed E-state index contributed by atoms with van der Waals surface area (Å²) in [7, 11) is 1.56. The van der Waals surface area contributed by atoms with Crippen LogP contribution in [0.25, 0.3) is 5.76 Å². The van der Waals surface area contributed by atoms with Crippen LogP contribution in [0.5, 0.6) is 5.75 Å². The lowest BCUT2D eigenvalue weighted by atomic mass is 9.93. The largest absolute Gasteiger partial charge is 0.507 e. The van der Waals surface area contributed by atoms with Gasteiger partial charge in [0.2, 0.25) is 0 Å². The van der Waals surface area contributed by atoms with Gasteiger partial charge in [0, 0.05) is 16.3 Å². The molecule has 0 aromatic heterocycles. The lowest BCUT2D eigenvalue weighted by Gasteiger charge is -2.25. The van der Waals surface area contributed by atoms with E-state index in [0.717, 1.165) is 5.56 Å². The van der Waals surface area contributed by atoms with E-state index in [1.165, 1.54) is 29.2 Å². The number of hydrogen-bond donors (Lipinski definition) is 1. The van der Waals surface area contributed by atoms with E-state index in [2.05, 4.69) is 0 Å². The van der Waals surface area contributed by atoms with Crippen molar-refractivity contribution in [3.8, 4) is 5.75 Å². The van der Waals surface area contributed by atoms with Crippen molar-refractivity contribution in [1.82, 2.24) is 0 Å². The Hall–Kier alpha value is -3.64. The van der Waals surface area contributed by atoms with Crippen LogP contribution in [0.4, 0.5) is 10.1 Å². The Balaban J connectivity index is 1.95. The number of halogens is 2. The molecule has 1 saturated heterocycles. The number of carbonyl (C=O) groups is 2. The minimum Gasteiger partial charge on any atom is -0.507 e. The van der Waals surface area contributed by atoms with Crippen molar-refractivity contribution in [2.24, 2.45) is 0 Å². The molecule has 5 nitrogen and oxygen atoms in total. The molecule has 1 heterocycles. The number of nitrogens with zero attached hydrogens (tertiary/aromatic N) is 1. The van der Waals surface area contributed by atoms with Gasteiger partial charge in [-0.3, -0.25) is 14.5 Å². The highest BCUT2D eigenvalue weighted by atomic mass is 35.5. The first-order valence-electron chi connectivity index (χ1n) is 10.7. The van der Waals surface area contributed by atoms with Gasteiger partial charge in [-0.15, -0.1) is 0 Å². The number of ether oxygens (including phenoxy) is 1. The van der Waals surface area contributed by atoms with Crippen LogP contribution < -0.4 is 9.64 Å². The average molecular weight is 480 g/mol. The Morgan fingerprint density at radius 3 is 2.38 bits per heavy atom. The number of hydrogen-bond acceptors (Lipinski definition) is 4. The van der Waals surface area contributed by atoms with Crippen LogP contribution in [0.3, 0.4) is 0 Å². The molecule has 4 rings (SSSR count). The molecule has 1 amide bonds. The SMILES string of the molecule is COc1ccc(/C(O)=C2/C(=O)C(=O)N(c3cccc(Cl)c3)C2c2ccc(F)cc2)cc1C(C)C. The molecule has 3 aromatic carbocycles. The van der Waals surface area contributed by atoms with Gasteiger partial charge in [0.15, 0.2) is 0 Å². The molecular formula is C27H23ClFNO4. The Kier molecular flexibility index (Phi) is 6.44. The van der Waals surface area contributed by atoms with Gasteiger partial charge in [0.1, 0.15) is 17.3 Å². The van der Waals surface area contributed by atoms with Gasteiger partial charge in [0.05, 0.1) is 18.7 Å². The lowest BCUT2D eigenvalue weighted by molar-refractivity contribution is -0.132. The van der Waals surface area contributed by atoms with Crippen LogP contribution in [-0.4, -0.2) is 23.9 Å². The topological polar surface area (TPSA) is 66.8 Å². The predicted molar refractivity (Wildman–Crippen MR) is 130 cm³/mol. The summed E-state index contributed by atoms with van der Waals surface area (Å²) in [6.07, 6.45) is 0. The van der Waals surface area contributed by atoms with Crippen LogP contribution in [-0.2, 0) is 9.59 Å². The van der Waals surface area contributed by atoms with E-state index in [4.69, 9.17) is 16.3 Å². The van der Waals surface area contributed by atoms with Gasteiger partial charge in [-0.2, -0.15) is 0 Å². The Morgan fingerprint density at radius 2 is 1.76 bits per heavy atom.